The Bertz CT molecular complexity index is 154. The zero-order valence-electron chi connectivity index (χ0n) is 13.8. The van der Waals surface area contributed by atoms with E-state index in [1.54, 1.807) is 27.7 Å². The summed E-state index contributed by atoms with van der Waals surface area (Å²) < 4.78 is 4.07. The van der Waals surface area contributed by atoms with Crippen molar-refractivity contribution in [1.29, 1.82) is 0 Å². The molecule has 0 heterocycles. The second kappa shape index (κ2) is 16.5. The van der Waals surface area contributed by atoms with Gasteiger partial charge in [0.05, 0.1) is 0 Å². The minimum absolute atomic E-state index is 0.167. The minimum Gasteiger partial charge on any atom is -0.394 e. The largest absolute Gasteiger partial charge is 0.394 e. The Hall–Kier alpha value is 0.460. The molecule has 117 valence electrons. The van der Waals surface area contributed by atoms with E-state index in [1.807, 2.05) is 0 Å². The van der Waals surface area contributed by atoms with Gasteiger partial charge in [0.2, 0.25) is 0 Å². The maximum absolute atomic E-state index is 8.06. The molecule has 1 saturated carbocycles. The van der Waals surface area contributed by atoms with Gasteiger partial charge in [0, 0.05) is 12.2 Å². The Morgan fingerprint density at radius 3 is 1.21 bits per heavy atom. The van der Waals surface area contributed by atoms with Gasteiger partial charge in [-0.15, -0.1) is 0 Å². The Labute approximate surface area is 133 Å². The quantitative estimate of drug-likeness (QED) is 0.510. The van der Waals surface area contributed by atoms with Crippen LogP contribution in [0.5, 0.6) is 0 Å². The van der Waals surface area contributed by atoms with Crippen LogP contribution in [0.3, 0.4) is 0 Å². The number of rotatable bonds is 0. The van der Waals surface area contributed by atoms with Crippen LogP contribution in [0.2, 0.25) is 0 Å². The Kier molecular flexibility index (Phi) is 21.3. The van der Waals surface area contributed by atoms with E-state index in [2.05, 4.69) is 30.5 Å². The predicted octanol–water partition coefficient (Wildman–Crippen LogP) is 4.05. The number of aliphatic hydroxyl groups is 2. The fourth-order valence-corrected chi connectivity index (χ4v) is 0.722. The van der Waals surface area contributed by atoms with E-state index in [9.17, 15) is 0 Å². The maximum atomic E-state index is 8.06. The van der Waals surface area contributed by atoms with E-state index < -0.39 is 0 Å². The summed E-state index contributed by atoms with van der Waals surface area (Å²) >= 11 is 1.52. The van der Waals surface area contributed by atoms with E-state index in [4.69, 9.17) is 10.2 Å². The molecule has 2 N–H and O–H groups in total. The van der Waals surface area contributed by atoms with Crippen molar-refractivity contribution in [3.63, 3.8) is 0 Å². The second-order valence-corrected chi connectivity index (χ2v) is 6.52. The number of hydrogen-bond donors (Lipinski definition) is 2. The summed E-state index contributed by atoms with van der Waals surface area (Å²) in [5, 5.41) is 16.1. The number of aliphatic hydroxyl groups excluding tert-OH is 2. The average molecular weight is 353 g/mol. The fraction of sp³-hybridized carbons (Fsp3) is 0.933. The molecule has 0 bridgehead atoms. The molecule has 0 aromatic rings. The molecule has 0 aromatic carbocycles. The minimum atomic E-state index is -0.167. The topological polar surface area (TPSA) is 52.8 Å². The molecule has 1 fully saturated rings. The van der Waals surface area contributed by atoms with Crippen LogP contribution < -0.4 is 0 Å². The van der Waals surface area contributed by atoms with Gasteiger partial charge in [-0.2, -0.15) is 12.8 Å². The van der Waals surface area contributed by atoms with Crippen molar-refractivity contribution in [3.8, 4) is 0 Å². The van der Waals surface area contributed by atoms with Crippen molar-refractivity contribution in [2.45, 2.75) is 91.9 Å². The van der Waals surface area contributed by atoms with Crippen LogP contribution >= 0.6 is 0 Å². The van der Waals surface area contributed by atoms with Crippen LogP contribution in [0.25, 0.3) is 0 Å². The molecular weight excluding hydrogens is 319 g/mol. The van der Waals surface area contributed by atoms with Gasteiger partial charge in [0.25, 0.3) is 0 Å². The van der Waals surface area contributed by atoms with Gasteiger partial charge in [-0.05, 0) is 27.7 Å². The van der Waals surface area contributed by atoms with E-state index in [1.165, 1.54) is 46.6 Å². The maximum Gasteiger partial charge on any atom is 0.0483 e. The fourth-order valence-electron chi connectivity index (χ4n) is 0.722. The molecule has 0 unspecified atom stereocenters. The molecule has 3 nitrogen and oxygen atoms in total. The average Bonchev–Trinajstić information content (AvgIpc) is 2.72. The van der Waals surface area contributed by atoms with Crippen molar-refractivity contribution < 1.29 is 31.1 Å². The van der Waals surface area contributed by atoms with E-state index in [-0.39, 0.29) is 17.7 Å². The molecule has 1 rings (SSSR count). The van der Waals surface area contributed by atoms with Crippen molar-refractivity contribution in [1.82, 2.24) is 0 Å². The van der Waals surface area contributed by atoms with E-state index in [0.29, 0.717) is 0 Å². The van der Waals surface area contributed by atoms with Gasteiger partial charge in [-0.3, -0.25) is 0 Å². The summed E-state index contributed by atoms with van der Waals surface area (Å²) in [6.45, 7) is 13.2. The zero-order valence-corrected chi connectivity index (χ0v) is 16.0. The summed E-state index contributed by atoms with van der Waals surface area (Å²) in [4.78, 5) is 0. The molecular formula is C15H34NNbO2-. The third-order valence-electron chi connectivity index (χ3n) is 1.37. The molecule has 0 spiro atoms. The van der Waals surface area contributed by atoms with E-state index >= 15 is 0 Å². The van der Waals surface area contributed by atoms with Gasteiger partial charge in [0.1, 0.15) is 0 Å². The standard InChI is InChI=1S/C5H9.C4H9N.2C3H8O.Nb/c1-2-4-5-3-1;1-4(2,3)5;2*1-3(2)4;/h1H,2-5H2;1-3H3;2*3-4H,1-2H3;/q-1;;;;. The van der Waals surface area contributed by atoms with Crippen LogP contribution in [0.4, 0.5) is 0 Å². The molecule has 0 aliphatic heterocycles. The third-order valence-corrected chi connectivity index (χ3v) is 2.84. The summed E-state index contributed by atoms with van der Waals surface area (Å²) in [5.41, 5.74) is 0.189. The summed E-state index contributed by atoms with van der Waals surface area (Å²) in [6, 6.07) is 0. The summed E-state index contributed by atoms with van der Waals surface area (Å²) in [6.07, 6.45) is 7.67. The molecule has 0 aromatic heterocycles. The first-order valence-corrected chi connectivity index (χ1v) is 8.05. The van der Waals surface area contributed by atoms with Crippen molar-refractivity contribution in [2.24, 2.45) is 3.34 Å². The molecule has 4 heteroatoms. The normalized spacial score (nSPS) is 13.6. The van der Waals surface area contributed by atoms with Crippen molar-refractivity contribution in [2.75, 3.05) is 0 Å². The van der Waals surface area contributed by atoms with Gasteiger partial charge < -0.3 is 16.6 Å². The van der Waals surface area contributed by atoms with Crippen LogP contribution in [-0.4, -0.2) is 28.0 Å². The molecule has 0 radical (unpaired) electrons. The SMILES string of the molecule is CC(C)(C)[N]=[Nb].CC(C)O.CC(C)O.[CH-]1CCCC1. The summed E-state index contributed by atoms with van der Waals surface area (Å²) in [5.74, 6) is 0. The first-order chi connectivity index (χ1) is 8.52. The smallest absolute Gasteiger partial charge is 0.0483 e. The van der Waals surface area contributed by atoms with Gasteiger partial charge in [0.15, 0.2) is 0 Å². The van der Waals surface area contributed by atoms with Gasteiger partial charge in [-0.1, -0.05) is 12.8 Å². The monoisotopic (exact) mass is 353 g/mol. The second-order valence-electron chi connectivity index (χ2n) is 6.03. The predicted molar refractivity (Wildman–Crippen MR) is 79.7 cm³/mol. The van der Waals surface area contributed by atoms with Crippen LogP contribution in [-0.2, 0) is 20.9 Å². The van der Waals surface area contributed by atoms with Crippen LogP contribution in [0.15, 0.2) is 3.34 Å². The first kappa shape index (κ1) is 24.5. The number of nitrogens with zero attached hydrogens (tertiary/aromatic N) is 1. The molecule has 0 atom stereocenters. The van der Waals surface area contributed by atoms with E-state index in [0.717, 1.165) is 0 Å². The molecule has 1 aliphatic rings. The van der Waals surface area contributed by atoms with Gasteiger partial charge in [-0.25, -0.2) is 0 Å². The summed E-state index contributed by atoms with van der Waals surface area (Å²) in [7, 11) is 0. The third kappa shape index (κ3) is 69.9. The zero-order chi connectivity index (χ0) is 15.9. The Balaban J connectivity index is -0.000000183. The van der Waals surface area contributed by atoms with Crippen molar-refractivity contribution in [3.05, 3.63) is 6.42 Å². The van der Waals surface area contributed by atoms with Crippen LogP contribution in [0.1, 0.15) is 74.1 Å². The first-order valence-electron chi connectivity index (χ1n) is 7.07. The van der Waals surface area contributed by atoms with Gasteiger partial charge >= 0.3 is 50.5 Å². The van der Waals surface area contributed by atoms with Crippen LogP contribution in [0, 0.1) is 6.42 Å². The molecule has 0 saturated heterocycles. The molecule has 1 aliphatic carbocycles. The van der Waals surface area contributed by atoms with Crippen molar-refractivity contribution >= 4 is 0 Å². The molecule has 19 heavy (non-hydrogen) atoms. The number of hydrogen-bond acceptors (Lipinski definition) is 3. The Morgan fingerprint density at radius 2 is 1.16 bits per heavy atom. The Morgan fingerprint density at radius 1 is 0.947 bits per heavy atom. The molecule has 0 amide bonds.